The summed E-state index contributed by atoms with van der Waals surface area (Å²) < 4.78 is 6.15. The van der Waals surface area contributed by atoms with Crippen LogP contribution in [-0.4, -0.2) is 85.4 Å². The molecule has 7 nitrogen and oxygen atoms in total. The maximum Gasteiger partial charge on any atom is 0.306 e. The molecule has 7 heteroatoms. The van der Waals surface area contributed by atoms with E-state index in [0.29, 0.717) is 31.1 Å². The van der Waals surface area contributed by atoms with Crippen molar-refractivity contribution in [2.45, 2.75) is 361 Å². The number of esters is 1. The quantitative estimate of drug-likeness (QED) is 0.0448. The van der Waals surface area contributed by atoms with Gasteiger partial charge in [0.05, 0.1) is 0 Å². The first-order valence-corrected chi connectivity index (χ1v) is 33.2. The first-order chi connectivity index (χ1) is 35.8. The number of unbranched alkanes of at least 4 members (excludes halogenated alkanes) is 39. The number of hydrogen-bond donors (Lipinski definition) is 0. The molecule has 0 aliphatic carbocycles. The van der Waals surface area contributed by atoms with E-state index < -0.39 is 0 Å². The van der Waals surface area contributed by atoms with E-state index in [1.165, 1.54) is 218 Å². The Morgan fingerprint density at radius 2 is 0.521 bits per heavy atom. The van der Waals surface area contributed by atoms with Crippen LogP contribution in [0.4, 0.5) is 0 Å². The smallest absolute Gasteiger partial charge is 0.306 e. The van der Waals surface area contributed by atoms with Crippen molar-refractivity contribution >= 4 is 17.8 Å². The highest BCUT2D eigenvalue weighted by molar-refractivity contribution is 5.76. The van der Waals surface area contributed by atoms with E-state index in [1.807, 2.05) is 0 Å². The monoisotopic (exact) mass is 1030 g/mol. The highest BCUT2D eigenvalue weighted by Gasteiger charge is 2.17. The minimum atomic E-state index is -0.0178. The second-order valence-electron chi connectivity index (χ2n) is 23.4. The van der Waals surface area contributed by atoms with Crippen molar-refractivity contribution in [2.24, 2.45) is 0 Å². The van der Waals surface area contributed by atoms with Gasteiger partial charge in [0.2, 0.25) is 11.8 Å². The van der Waals surface area contributed by atoms with Crippen molar-refractivity contribution in [1.29, 1.82) is 0 Å². The summed E-state index contributed by atoms with van der Waals surface area (Å²) in [7, 11) is 4.18. The highest BCUT2D eigenvalue weighted by Crippen LogP contribution is 2.20. The Labute approximate surface area is 457 Å². The average Bonchev–Trinajstić information content (AvgIpc) is 3.38. The fraction of sp³-hybridized carbons (Fsp3) is 0.955. The van der Waals surface area contributed by atoms with Crippen molar-refractivity contribution in [3.63, 3.8) is 0 Å². The molecule has 0 unspecified atom stereocenters. The Hall–Kier alpha value is -1.63. The Balaban J connectivity index is 4.77. The van der Waals surface area contributed by atoms with Crippen LogP contribution in [0.3, 0.4) is 0 Å². The van der Waals surface area contributed by atoms with Gasteiger partial charge in [-0.15, -0.1) is 0 Å². The summed E-state index contributed by atoms with van der Waals surface area (Å²) in [5.74, 6) is 0.765. The fourth-order valence-electron chi connectivity index (χ4n) is 10.7. The Morgan fingerprint density at radius 1 is 0.288 bits per heavy atom. The lowest BCUT2D eigenvalue weighted by Gasteiger charge is -2.23. The van der Waals surface area contributed by atoms with E-state index in [0.717, 1.165) is 123 Å². The predicted octanol–water partition coefficient (Wildman–Crippen LogP) is 20.1. The van der Waals surface area contributed by atoms with Gasteiger partial charge in [-0.3, -0.25) is 14.4 Å². The summed E-state index contributed by atoms with van der Waals surface area (Å²) in [5.41, 5.74) is 0. The molecule has 0 aliphatic rings. The van der Waals surface area contributed by atoms with Gasteiger partial charge in [-0.25, -0.2) is 0 Å². The fourth-order valence-corrected chi connectivity index (χ4v) is 10.7. The molecule has 0 aromatic heterocycles. The summed E-state index contributed by atoms with van der Waals surface area (Å²) in [4.78, 5) is 46.5. The van der Waals surface area contributed by atoms with Crippen LogP contribution in [-0.2, 0) is 19.1 Å². The van der Waals surface area contributed by atoms with E-state index in [2.05, 4.69) is 56.5 Å². The van der Waals surface area contributed by atoms with Crippen LogP contribution in [0.15, 0.2) is 0 Å². The van der Waals surface area contributed by atoms with Crippen LogP contribution in [0.25, 0.3) is 0 Å². The molecular weight excluding hydrogens is 899 g/mol. The lowest BCUT2D eigenvalue weighted by Crippen LogP contribution is -2.32. The molecule has 0 radical (unpaired) electrons. The van der Waals surface area contributed by atoms with Gasteiger partial charge in [0.1, 0.15) is 6.10 Å². The number of ether oxygens (including phenoxy) is 1. The summed E-state index contributed by atoms with van der Waals surface area (Å²) in [5, 5.41) is 0. The topological polar surface area (TPSA) is 70.2 Å². The maximum absolute atomic E-state index is 13.5. The Morgan fingerprint density at radius 3 is 0.808 bits per heavy atom. The van der Waals surface area contributed by atoms with E-state index in [9.17, 15) is 14.4 Å². The number of hydrogen-bond acceptors (Lipinski definition) is 5. The molecule has 0 aromatic rings. The largest absolute Gasteiger partial charge is 0.462 e. The summed E-state index contributed by atoms with van der Waals surface area (Å²) in [6.45, 7) is 13.9. The van der Waals surface area contributed by atoms with Crippen molar-refractivity contribution in [1.82, 2.24) is 14.7 Å². The van der Waals surface area contributed by atoms with Crippen LogP contribution < -0.4 is 0 Å². The molecule has 0 N–H and O–H groups in total. The molecule has 0 saturated heterocycles. The summed E-state index contributed by atoms with van der Waals surface area (Å²) in [6.07, 6.45) is 61.3. The Kier molecular flexibility index (Phi) is 56.8. The molecule has 0 aromatic carbocycles. The van der Waals surface area contributed by atoms with Crippen LogP contribution in [0.2, 0.25) is 0 Å². The minimum Gasteiger partial charge on any atom is -0.462 e. The first-order valence-electron chi connectivity index (χ1n) is 33.2. The third-order valence-corrected chi connectivity index (χ3v) is 15.7. The minimum absolute atomic E-state index is 0.0178. The molecule has 73 heavy (non-hydrogen) atoms. The van der Waals surface area contributed by atoms with Gasteiger partial charge >= 0.3 is 5.97 Å². The molecule has 0 fully saturated rings. The number of nitrogens with zero attached hydrogens (tertiary/aromatic N) is 3. The number of amides is 2. The lowest BCUT2D eigenvalue weighted by molar-refractivity contribution is -0.150. The van der Waals surface area contributed by atoms with E-state index >= 15 is 0 Å². The SMILES string of the molecule is CCCCCCCCCCN(CCCCCCCCCC)C(=O)CCCCCCCCC(CCCCCCCCC(=O)N(CCCCCCCCCC)CCCCCCCCCC)OC(=O)CCCCN(C)C. The normalized spacial score (nSPS) is 11.6. The van der Waals surface area contributed by atoms with Crippen LogP contribution in [0.5, 0.6) is 0 Å². The van der Waals surface area contributed by atoms with E-state index in [4.69, 9.17) is 4.74 Å². The molecule has 0 spiro atoms. The van der Waals surface area contributed by atoms with Crippen molar-refractivity contribution in [3.8, 4) is 0 Å². The standard InChI is InChI=1S/C66H131N3O4/c1-7-11-15-19-23-31-39-48-59-68(60-49-40-32-24-20-16-12-8-2)64(70)55-45-37-29-27-35-43-53-63(73-66(72)57-47-52-58-67(5)6)54-44-36-28-30-38-46-56-65(71)69(61-50-41-33-25-21-17-13-9-3)62-51-42-34-26-22-18-14-10-4/h63H,7-62H2,1-6H3. The molecule has 2 amide bonds. The predicted molar refractivity (Wildman–Crippen MR) is 320 cm³/mol. The van der Waals surface area contributed by atoms with Gasteiger partial charge < -0.3 is 19.4 Å². The van der Waals surface area contributed by atoms with Crippen LogP contribution in [0, 0.1) is 0 Å². The first kappa shape index (κ1) is 71.4. The van der Waals surface area contributed by atoms with Crippen molar-refractivity contribution < 1.29 is 19.1 Å². The second kappa shape index (κ2) is 58.1. The van der Waals surface area contributed by atoms with Gasteiger partial charge in [0.15, 0.2) is 0 Å². The third kappa shape index (κ3) is 52.2. The molecule has 0 aliphatic heterocycles. The maximum atomic E-state index is 13.5. The molecule has 0 heterocycles. The molecular formula is C66H131N3O4. The van der Waals surface area contributed by atoms with Gasteiger partial charge in [-0.2, -0.15) is 0 Å². The van der Waals surface area contributed by atoms with Gasteiger partial charge in [0, 0.05) is 45.4 Å². The second-order valence-corrected chi connectivity index (χ2v) is 23.4. The van der Waals surface area contributed by atoms with Gasteiger partial charge in [-0.1, -0.05) is 259 Å². The van der Waals surface area contributed by atoms with Gasteiger partial charge in [-0.05, 0) is 97.7 Å². The van der Waals surface area contributed by atoms with Crippen molar-refractivity contribution in [3.05, 3.63) is 0 Å². The van der Waals surface area contributed by atoms with Crippen LogP contribution >= 0.6 is 0 Å². The molecule has 0 rings (SSSR count). The van der Waals surface area contributed by atoms with Crippen LogP contribution in [0.1, 0.15) is 355 Å². The highest BCUT2D eigenvalue weighted by atomic mass is 16.5. The van der Waals surface area contributed by atoms with Crippen molar-refractivity contribution in [2.75, 3.05) is 46.8 Å². The molecule has 434 valence electrons. The average molecular weight is 1030 g/mol. The third-order valence-electron chi connectivity index (χ3n) is 15.7. The zero-order chi connectivity index (χ0) is 53.3. The summed E-state index contributed by atoms with van der Waals surface area (Å²) >= 11 is 0. The number of carbonyl (C=O) groups excluding carboxylic acids is 3. The zero-order valence-corrected chi connectivity index (χ0v) is 50.6. The lowest BCUT2D eigenvalue weighted by atomic mass is 10.0. The van der Waals surface area contributed by atoms with E-state index in [-0.39, 0.29) is 12.1 Å². The molecule has 0 bridgehead atoms. The zero-order valence-electron chi connectivity index (χ0n) is 50.6. The molecule has 0 saturated carbocycles. The Bertz CT molecular complexity index is 1040. The number of carbonyl (C=O) groups is 3. The number of rotatable bonds is 60. The van der Waals surface area contributed by atoms with Gasteiger partial charge in [0.25, 0.3) is 0 Å². The van der Waals surface area contributed by atoms with E-state index in [1.54, 1.807) is 0 Å². The summed E-state index contributed by atoms with van der Waals surface area (Å²) in [6, 6.07) is 0. The molecule has 0 atom stereocenters.